The van der Waals surface area contributed by atoms with Crippen LogP contribution in [-0.2, 0) is 0 Å². The zero-order chi connectivity index (χ0) is 8.91. The second-order valence-corrected chi connectivity index (χ2v) is 2.99. The zero-order valence-electron chi connectivity index (χ0n) is 7.95. The molecule has 68 valence electrons. The first-order valence-corrected chi connectivity index (χ1v) is 4.17. The van der Waals surface area contributed by atoms with Gasteiger partial charge in [0.05, 0.1) is 0 Å². The number of nitrogens with zero attached hydrogens (tertiary/aromatic N) is 1. The second kappa shape index (κ2) is 4.67. The lowest BCUT2D eigenvalue weighted by atomic mass is 9.99. The molecule has 2 nitrogen and oxygen atoms in total. The van der Waals surface area contributed by atoms with Crippen molar-refractivity contribution in [3.63, 3.8) is 0 Å². The van der Waals surface area contributed by atoms with Crippen molar-refractivity contribution in [2.45, 2.75) is 19.5 Å². The highest BCUT2D eigenvalue weighted by atomic mass is 19.1. The highest BCUT2D eigenvalue weighted by Gasteiger charge is 2.36. The van der Waals surface area contributed by atoms with E-state index in [-0.39, 0.29) is 0 Å². The number of alkyl halides is 1. The number of hydrogen-bond donors (Lipinski definition) is 1. The Bertz CT molecular complexity index is 100. The topological polar surface area (TPSA) is 15.3 Å². The van der Waals surface area contributed by atoms with E-state index in [9.17, 15) is 4.39 Å². The maximum atomic E-state index is 13.1. The number of nitrogens with one attached hydrogen (secondary N) is 1. The van der Waals surface area contributed by atoms with Crippen molar-refractivity contribution in [1.29, 1.82) is 0 Å². The summed E-state index contributed by atoms with van der Waals surface area (Å²) in [6.07, 6.45) is 0. The fraction of sp³-hybridized carbons (Fsp3) is 1.00. The van der Waals surface area contributed by atoms with Crippen LogP contribution in [0.25, 0.3) is 0 Å². The number of halogens is 1. The first kappa shape index (κ1) is 10.8. The molecule has 0 amide bonds. The molecule has 1 aliphatic heterocycles. The smallest absolute Gasteiger partial charge is 0.148 e. The fourth-order valence-corrected chi connectivity index (χ4v) is 1.07. The summed E-state index contributed by atoms with van der Waals surface area (Å²) in [5, 5.41) is 2.91. The minimum Gasteiger partial charge on any atom is -0.310 e. The Labute approximate surface area is 68.8 Å². The summed E-state index contributed by atoms with van der Waals surface area (Å²) in [5.41, 5.74) is -0.941. The summed E-state index contributed by atoms with van der Waals surface area (Å²) in [7, 11) is 3.78. The van der Waals surface area contributed by atoms with Gasteiger partial charge in [-0.2, -0.15) is 0 Å². The van der Waals surface area contributed by atoms with Gasteiger partial charge < -0.3 is 10.2 Å². The molecular formula is C8H19FN2. The van der Waals surface area contributed by atoms with Gasteiger partial charge in [-0.05, 0) is 14.1 Å². The van der Waals surface area contributed by atoms with Crippen molar-refractivity contribution in [2.75, 3.05) is 33.7 Å². The van der Waals surface area contributed by atoms with Crippen LogP contribution in [0.15, 0.2) is 0 Å². The standard InChI is InChI=1S/C6H13FN2.C2H6/c1-9(2)5-6(7)3-8-4-6;1-2/h8H,3-5H2,1-2H3;1-2H3. The van der Waals surface area contributed by atoms with Crippen LogP contribution in [0.2, 0.25) is 0 Å². The normalized spacial score (nSPS) is 20.2. The van der Waals surface area contributed by atoms with Crippen LogP contribution in [0.1, 0.15) is 13.8 Å². The van der Waals surface area contributed by atoms with Crippen LogP contribution < -0.4 is 5.32 Å². The van der Waals surface area contributed by atoms with E-state index in [1.54, 1.807) is 0 Å². The minimum atomic E-state index is -0.941. The Morgan fingerprint density at radius 1 is 1.36 bits per heavy atom. The molecule has 0 unspecified atom stereocenters. The zero-order valence-corrected chi connectivity index (χ0v) is 7.95. The van der Waals surface area contributed by atoms with Crippen LogP contribution in [0.3, 0.4) is 0 Å². The monoisotopic (exact) mass is 162 g/mol. The average Bonchev–Trinajstić information content (AvgIpc) is 1.88. The summed E-state index contributed by atoms with van der Waals surface area (Å²) in [6.45, 7) is 5.58. The Morgan fingerprint density at radius 2 is 1.82 bits per heavy atom. The van der Waals surface area contributed by atoms with E-state index in [1.807, 2.05) is 32.8 Å². The first-order valence-electron chi connectivity index (χ1n) is 4.17. The van der Waals surface area contributed by atoms with E-state index in [0.717, 1.165) is 0 Å². The van der Waals surface area contributed by atoms with Gasteiger partial charge in [-0.25, -0.2) is 4.39 Å². The van der Waals surface area contributed by atoms with Gasteiger partial charge in [-0.1, -0.05) is 13.8 Å². The van der Waals surface area contributed by atoms with E-state index in [0.29, 0.717) is 19.6 Å². The molecule has 0 saturated carbocycles. The summed E-state index contributed by atoms with van der Waals surface area (Å²) in [4.78, 5) is 1.88. The van der Waals surface area contributed by atoms with E-state index in [4.69, 9.17) is 0 Å². The predicted octanol–water partition coefficient (Wildman–Crippen LogP) is 0.886. The Morgan fingerprint density at radius 3 is 1.91 bits per heavy atom. The molecule has 0 bridgehead atoms. The van der Waals surface area contributed by atoms with Crippen molar-refractivity contribution in [2.24, 2.45) is 0 Å². The Kier molecular flexibility index (Phi) is 4.61. The molecular weight excluding hydrogens is 143 g/mol. The van der Waals surface area contributed by atoms with E-state index in [2.05, 4.69) is 5.32 Å². The molecule has 1 fully saturated rings. The van der Waals surface area contributed by atoms with E-state index < -0.39 is 5.67 Å². The third kappa shape index (κ3) is 3.68. The molecule has 1 aliphatic rings. The fourth-order valence-electron chi connectivity index (χ4n) is 1.07. The molecule has 0 atom stereocenters. The molecule has 0 aromatic rings. The van der Waals surface area contributed by atoms with Gasteiger partial charge in [0, 0.05) is 19.6 Å². The summed E-state index contributed by atoms with van der Waals surface area (Å²) in [6, 6.07) is 0. The average molecular weight is 162 g/mol. The maximum absolute atomic E-state index is 13.1. The van der Waals surface area contributed by atoms with Crippen LogP contribution in [0, 0.1) is 0 Å². The van der Waals surface area contributed by atoms with Gasteiger partial charge in [0.2, 0.25) is 0 Å². The third-order valence-electron chi connectivity index (χ3n) is 1.48. The van der Waals surface area contributed by atoms with Gasteiger partial charge in [0.15, 0.2) is 0 Å². The van der Waals surface area contributed by atoms with Crippen LogP contribution in [0.4, 0.5) is 4.39 Å². The van der Waals surface area contributed by atoms with Gasteiger partial charge in [-0.15, -0.1) is 0 Å². The lowest BCUT2D eigenvalue weighted by Crippen LogP contribution is -2.60. The summed E-state index contributed by atoms with van der Waals surface area (Å²) >= 11 is 0. The molecule has 0 aromatic carbocycles. The van der Waals surface area contributed by atoms with Crippen molar-refractivity contribution in [3.8, 4) is 0 Å². The molecule has 0 aromatic heterocycles. The molecule has 0 spiro atoms. The van der Waals surface area contributed by atoms with Crippen molar-refractivity contribution >= 4 is 0 Å². The van der Waals surface area contributed by atoms with Gasteiger partial charge in [0.1, 0.15) is 5.67 Å². The lowest BCUT2D eigenvalue weighted by Gasteiger charge is -2.36. The molecule has 11 heavy (non-hydrogen) atoms. The summed E-state index contributed by atoms with van der Waals surface area (Å²) in [5.74, 6) is 0. The van der Waals surface area contributed by atoms with Crippen molar-refractivity contribution in [3.05, 3.63) is 0 Å². The van der Waals surface area contributed by atoms with Gasteiger partial charge >= 0.3 is 0 Å². The summed E-state index contributed by atoms with van der Waals surface area (Å²) < 4.78 is 13.1. The molecule has 1 rings (SSSR count). The molecule has 3 heteroatoms. The quantitative estimate of drug-likeness (QED) is 0.648. The second-order valence-electron chi connectivity index (χ2n) is 2.99. The van der Waals surface area contributed by atoms with E-state index >= 15 is 0 Å². The minimum absolute atomic E-state index is 0.519. The first-order chi connectivity index (χ1) is 5.12. The SMILES string of the molecule is CC.CN(C)CC1(F)CNC1. The number of rotatable bonds is 2. The Hall–Kier alpha value is -0.150. The van der Waals surface area contributed by atoms with Crippen molar-refractivity contribution in [1.82, 2.24) is 10.2 Å². The van der Waals surface area contributed by atoms with Gasteiger partial charge in [-0.3, -0.25) is 0 Å². The highest BCUT2D eigenvalue weighted by molar-refractivity contribution is 4.94. The molecule has 1 N–H and O–H groups in total. The van der Waals surface area contributed by atoms with Crippen molar-refractivity contribution < 1.29 is 4.39 Å². The molecule has 1 saturated heterocycles. The molecule has 1 heterocycles. The molecule has 0 radical (unpaired) electrons. The van der Waals surface area contributed by atoms with E-state index in [1.165, 1.54) is 0 Å². The van der Waals surface area contributed by atoms with Crippen LogP contribution in [0.5, 0.6) is 0 Å². The predicted molar refractivity (Wildman–Crippen MR) is 46.6 cm³/mol. The molecule has 0 aliphatic carbocycles. The number of hydrogen-bond acceptors (Lipinski definition) is 2. The Balaban J connectivity index is 0.000000461. The maximum Gasteiger partial charge on any atom is 0.148 e. The van der Waals surface area contributed by atoms with Crippen LogP contribution >= 0.6 is 0 Å². The highest BCUT2D eigenvalue weighted by Crippen LogP contribution is 2.16. The van der Waals surface area contributed by atoms with Gasteiger partial charge in [0.25, 0.3) is 0 Å². The third-order valence-corrected chi connectivity index (χ3v) is 1.48. The lowest BCUT2D eigenvalue weighted by molar-refractivity contribution is 0.0595. The largest absolute Gasteiger partial charge is 0.310 e. The van der Waals surface area contributed by atoms with Crippen LogP contribution in [-0.4, -0.2) is 44.3 Å².